The fourth-order valence-corrected chi connectivity index (χ4v) is 13.3. The molecule has 2 aliphatic rings. The van der Waals surface area contributed by atoms with E-state index in [-0.39, 0.29) is 18.9 Å². The van der Waals surface area contributed by atoms with Crippen molar-refractivity contribution in [2.75, 3.05) is 19.8 Å². The lowest BCUT2D eigenvalue weighted by Gasteiger charge is -2.46. The molecule has 562 valence electrons. The molecule has 14 heteroatoms. The van der Waals surface area contributed by atoms with Crippen molar-refractivity contribution in [3.63, 3.8) is 0 Å². The number of allylic oxidation sites excluding steroid dienone is 9. The Morgan fingerprint density at radius 3 is 1.09 bits per heavy atom. The number of unbranched alkanes of at least 4 members (excludes halogenated alkanes) is 47. The van der Waals surface area contributed by atoms with E-state index in [1.54, 1.807) is 6.08 Å². The molecule has 2 heterocycles. The largest absolute Gasteiger partial charge is 0.394 e. The quantitative estimate of drug-likeness (QED) is 0.0204. The highest BCUT2D eigenvalue weighted by Crippen LogP contribution is 2.30. The first kappa shape index (κ1) is 89.8. The molecule has 2 aliphatic heterocycles. The maximum atomic E-state index is 13.4. The summed E-state index contributed by atoms with van der Waals surface area (Å²) in [7, 11) is 0. The lowest BCUT2D eigenvalue weighted by molar-refractivity contribution is -0.359. The highest BCUT2D eigenvalue weighted by molar-refractivity contribution is 5.76. The molecule has 14 nitrogen and oxygen atoms in total. The van der Waals surface area contributed by atoms with Gasteiger partial charge in [0.25, 0.3) is 0 Å². The van der Waals surface area contributed by atoms with Crippen molar-refractivity contribution < 1.29 is 64.6 Å². The van der Waals surface area contributed by atoms with Crippen LogP contribution in [0.5, 0.6) is 0 Å². The molecule has 2 fully saturated rings. The second-order valence-electron chi connectivity index (χ2n) is 28.5. The van der Waals surface area contributed by atoms with Crippen LogP contribution in [0, 0.1) is 0 Å². The summed E-state index contributed by atoms with van der Waals surface area (Å²) < 4.78 is 22.9. The fourth-order valence-electron chi connectivity index (χ4n) is 13.3. The van der Waals surface area contributed by atoms with Crippen molar-refractivity contribution in [3.05, 3.63) is 60.8 Å². The SMILES string of the molecule is CCCCCCC/C=C\C/C=C\C/C=C\CCCCCCCCCCCCCCCCCCC(=O)NC(COC1OC(CO)C(OC2OC(CO)C(O)C(O)C2O)C(O)C1O)C(O)/C=C/CC/C=C/CCCCCCCCCCCCCCCCCCCCCCCCCCC. The summed E-state index contributed by atoms with van der Waals surface area (Å²) in [6.45, 7) is 2.82. The molecule has 0 radical (unpaired) electrons. The molecule has 0 saturated carbocycles. The Labute approximate surface area is 587 Å². The van der Waals surface area contributed by atoms with Gasteiger partial charge in [-0.2, -0.15) is 0 Å². The Morgan fingerprint density at radius 1 is 0.375 bits per heavy atom. The van der Waals surface area contributed by atoms with Gasteiger partial charge in [0.2, 0.25) is 5.91 Å². The van der Waals surface area contributed by atoms with E-state index in [2.05, 4.69) is 67.8 Å². The molecule has 0 aromatic carbocycles. The second-order valence-corrected chi connectivity index (χ2v) is 28.5. The molecule has 9 N–H and O–H groups in total. The lowest BCUT2D eigenvalue weighted by atomic mass is 9.97. The third-order valence-corrected chi connectivity index (χ3v) is 19.7. The van der Waals surface area contributed by atoms with Crippen LogP contribution in [0.25, 0.3) is 0 Å². The van der Waals surface area contributed by atoms with Crippen LogP contribution in [0.2, 0.25) is 0 Å². The van der Waals surface area contributed by atoms with Gasteiger partial charge in [0.05, 0.1) is 32.0 Å². The molecular formula is C82H151NO13. The van der Waals surface area contributed by atoms with Gasteiger partial charge in [-0.3, -0.25) is 4.79 Å². The van der Waals surface area contributed by atoms with Crippen LogP contribution in [-0.2, 0) is 23.7 Å². The van der Waals surface area contributed by atoms with Crippen LogP contribution in [0.3, 0.4) is 0 Å². The van der Waals surface area contributed by atoms with Gasteiger partial charge in [0.15, 0.2) is 12.6 Å². The number of rotatable bonds is 68. The molecule has 1 amide bonds. The van der Waals surface area contributed by atoms with Gasteiger partial charge in [-0.1, -0.05) is 344 Å². The number of carbonyl (C=O) groups is 1. The number of aliphatic hydroxyl groups is 8. The van der Waals surface area contributed by atoms with Crippen LogP contribution in [0.15, 0.2) is 60.8 Å². The van der Waals surface area contributed by atoms with Crippen LogP contribution >= 0.6 is 0 Å². The zero-order valence-corrected chi connectivity index (χ0v) is 61.6. The predicted molar refractivity (Wildman–Crippen MR) is 397 cm³/mol. The van der Waals surface area contributed by atoms with Gasteiger partial charge in [0, 0.05) is 6.42 Å². The number of amides is 1. The summed E-state index contributed by atoms with van der Waals surface area (Å²) >= 11 is 0. The summed E-state index contributed by atoms with van der Waals surface area (Å²) in [5.41, 5.74) is 0. The number of aliphatic hydroxyl groups excluding tert-OH is 8. The number of hydrogen-bond donors (Lipinski definition) is 9. The van der Waals surface area contributed by atoms with E-state index in [0.29, 0.717) is 12.8 Å². The summed E-state index contributed by atoms with van der Waals surface area (Å²) in [6, 6.07) is -0.935. The van der Waals surface area contributed by atoms with Crippen LogP contribution in [-0.4, -0.2) is 140 Å². The monoisotopic (exact) mass is 1360 g/mol. The molecule has 0 bridgehead atoms. The normalized spacial score (nSPS) is 22.5. The standard InChI is InChI=1S/C82H151NO13/c1-3-5-7-9-11-13-15-17-19-21-23-25-27-29-31-33-35-37-39-41-43-45-47-49-51-53-55-57-59-61-63-65-71(86)70(69-93-81-79(92)77(90)80(73(68-85)95-81)96-82-78(91)76(89)75(88)72(67-84)94-82)83-74(87)66-64-62-60-58-56-54-52-50-48-46-44-42-40-38-36-34-32-30-28-26-24-22-20-18-16-14-12-10-8-6-4-2/h16,18,22,24,28,30,55,57,63,65,70-73,75-82,84-86,88-92H,3-15,17,19-21,23,25-27,29,31-54,56,58-62,64,66-69H2,1-2H3,(H,83,87)/b18-16-,24-22-,30-28-,57-55+,65-63+. The minimum atomic E-state index is -1.79. The summed E-state index contributed by atoms with van der Waals surface area (Å²) in [4.78, 5) is 13.4. The number of ether oxygens (including phenoxy) is 4. The molecule has 0 spiro atoms. The molecule has 12 atom stereocenters. The van der Waals surface area contributed by atoms with Gasteiger partial charge in [-0.05, 0) is 70.6 Å². The molecule has 2 saturated heterocycles. The minimum Gasteiger partial charge on any atom is -0.394 e. The van der Waals surface area contributed by atoms with Gasteiger partial charge < -0.3 is 65.1 Å². The van der Waals surface area contributed by atoms with Crippen molar-refractivity contribution in [3.8, 4) is 0 Å². The Bertz CT molecular complexity index is 1840. The average molecular weight is 1360 g/mol. The van der Waals surface area contributed by atoms with Crippen LogP contribution < -0.4 is 5.32 Å². The van der Waals surface area contributed by atoms with Crippen molar-refractivity contribution in [1.29, 1.82) is 0 Å². The Kier molecular flexibility index (Phi) is 61.7. The topological polar surface area (TPSA) is 228 Å². The maximum Gasteiger partial charge on any atom is 0.220 e. The van der Waals surface area contributed by atoms with Gasteiger partial charge in [-0.15, -0.1) is 0 Å². The molecule has 2 rings (SSSR count). The first-order chi connectivity index (χ1) is 47.1. The predicted octanol–water partition coefficient (Wildman–Crippen LogP) is 18.4. The van der Waals surface area contributed by atoms with E-state index < -0.39 is 86.8 Å². The Balaban J connectivity index is 1.63. The van der Waals surface area contributed by atoms with E-state index in [9.17, 15) is 45.6 Å². The smallest absolute Gasteiger partial charge is 0.220 e. The first-order valence-electron chi connectivity index (χ1n) is 40.5. The maximum absolute atomic E-state index is 13.4. The molecule has 96 heavy (non-hydrogen) atoms. The van der Waals surface area contributed by atoms with Gasteiger partial charge in [-0.25, -0.2) is 0 Å². The van der Waals surface area contributed by atoms with Crippen molar-refractivity contribution in [2.45, 2.75) is 434 Å². The zero-order chi connectivity index (χ0) is 69.4. The van der Waals surface area contributed by atoms with E-state index in [1.807, 2.05) is 6.08 Å². The molecule has 0 aliphatic carbocycles. The number of hydrogen-bond acceptors (Lipinski definition) is 13. The van der Waals surface area contributed by atoms with Crippen LogP contribution in [0.4, 0.5) is 0 Å². The third-order valence-electron chi connectivity index (χ3n) is 19.7. The summed E-state index contributed by atoms with van der Waals surface area (Å²) in [5, 5.41) is 87.7. The van der Waals surface area contributed by atoms with E-state index in [4.69, 9.17) is 18.9 Å². The summed E-state index contributed by atoms with van der Waals surface area (Å²) in [6.07, 6.45) is 73.1. The number of nitrogens with one attached hydrogen (secondary N) is 1. The lowest BCUT2D eigenvalue weighted by Crippen LogP contribution is -2.65. The molecule has 12 unspecified atom stereocenters. The van der Waals surface area contributed by atoms with E-state index in [0.717, 1.165) is 44.9 Å². The van der Waals surface area contributed by atoms with Gasteiger partial charge >= 0.3 is 0 Å². The summed E-state index contributed by atoms with van der Waals surface area (Å²) in [5.74, 6) is -0.245. The highest BCUT2D eigenvalue weighted by atomic mass is 16.7. The first-order valence-corrected chi connectivity index (χ1v) is 40.5. The van der Waals surface area contributed by atoms with Crippen molar-refractivity contribution in [2.24, 2.45) is 0 Å². The Hall–Kier alpha value is -2.31. The molecule has 0 aromatic rings. The third kappa shape index (κ3) is 48.5. The zero-order valence-electron chi connectivity index (χ0n) is 61.6. The number of carbonyl (C=O) groups excluding carboxylic acids is 1. The van der Waals surface area contributed by atoms with E-state index in [1.165, 1.54) is 283 Å². The van der Waals surface area contributed by atoms with E-state index >= 15 is 0 Å². The second kappa shape index (κ2) is 66.0. The molecular weight excluding hydrogens is 1210 g/mol. The van der Waals surface area contributed by atoms with Crippen LogP contribution in [0.1, 0.15) is 361 Å². The highest BCUT2D eigenvalue weighted by Gasteiger charge is 2.51. The van der Waals surface area contributed by atoms with Crippen molar-refractivity contribution >= 4 is 5.91 Å². The molecule has 0 aromatic heterocycles. The Morgan fingerprint density at radius 2 is 0.698 bits per heavy atom. The minimum absolute atomic E-state index is 0.245. The van der Waals surface area contributed by atoms with Crippen molar-refractivity contribution in [1.82, 2.24) is 5.32 Å². The fraction of sp³-hybridized carbons (Fsp3) is 0.866. The van der Waals surface area contributed by atoms with Gasteiger partial charge in [0.1, 0.15) is 48.8 Å². The average Bonchev–Trinajstić information content (AvgIpc) is 0.797.